The molecule has 0 saturated carbocycles. The molecule has 2 aromatic rings. The van der Waals surface area contributed by atoms with E-state index in [2.05, 4.69) is 12.1 Å². The summed E-state index contributed by atoms with van der Waals surface area (Å²) >= 11 is 0. The number of ether oxygens (including phenoxy) is 1. The Labute approximate surface area is 100 Å². The number of benzene rings is 2. The molecule has 3 rings (SSSR count). The van der Waals surface area contributed by atoms with Gasteiger partial charge in [-0.3, -0.25) is 0 Å². The van der Waals surface area contributed by atoms with E-state index < -0.39 is 0 Å². The molecule has 0 bridgehead atoms. The lowest BCUT2D eigenvalue weighted by molar-refractivity contribution is 0.278. The molecule has 0 radical (unpaired) electrons. The molecule has 17 heavy (non-hydrogen) atoms. The predicted octanol–water partition coefficient (Wildman–Crippen LogP) is 2.70. The van der Waals surface area contributed by atoms with Gasteiger partial charge in [-0.05, 0) is 17.2 Å². The highest BCUT2D eigenvalue weighted by Crippen LogP contribution is 2.36. The molecule has 2 nitrogen and oxygen atoms in total. The zero-order valence-electron chi connectivity index (χ0n) is 9.47. The van der Waals surface area contributed by atoms with Crippen LogP contribution in [-0.2, 0) is 6.61 Å². The Morgan fingerprint density at radius 2 is 1.71 bits per heavy atom. The minimum atomic E-state index is 0.0184. The molecule has 0 aliphatic carbocycles. The van der Waals surface area contributed by atoms with Gasteiger partial charge in [0.1, 0.15) is 12.4 Å². The first kappa shape index (κ1) is 10.4. The summed E-state index contributed by atoms with van der Waals surface area (Å²) in [5.41, 5.74) is 3.39. The topological polar surface area (TPSA) is 29.5 Å². The van der Waals surface area contributed by atoms with Crippen molar-refractivity contribution in [3.05, 3.63) is 65.2 Å². The number of rotatable bonds is 1. The first-order chi connectivity index (χ1) is 8.40. The van der Waals surface area contributed by atoms with Crippen LogP contribution >= 0.6 is 0 Å². The molecule has 1 unspecified atom stereocenters. The second-order valence-corrected chi connectivity index (χ2v) is 4.26. The Balaban J connectivity index is 2.19. The molecule has 0 amide bonds. The van der Waals surface area contributed by atoms with Gasteiger partial charge in [0.2, 0.25) is 0 Å². The van der Waals surface area contributed by atoms with Crippen LogP contribution in [0.5, 0.6) is 5.75 Å². The van der Waals surface area contributed by atoms with Crippen LogP contribution in [0.1, 0.15) is 22.6 Å². The van der Waals surface area contributed by atoms with Crippen LogP contribution in [0.15, 0.2) is 48.5 Å². The van der Waals surface area contributed by atoms with Gasteiger partial charge in [0.25, 0.3) is 0 Å². The maximum Gasteiger partial charge on any atom is 0.123 e. The Bertz CT molecular complexity index is 486. The van der Waals surface area contributed by atoms with Crippen molar-refractivity contribution >= 4 is 0 Å². The summed E-state index contributed by atoms with van der Waals surface area (Å²) < 4.78 is 5.80. The minimum Gasteiger partial charge on any atom is -0.489 e. The fourth-order valence-electron chi connectivity index (χ4n) is 2.43. The number of para-hydroxylation sites is 1. The monoisotopic (exact) mass is 226 g/mol. The van der Waals surface area contributed by atoms with Crippen molar-refractivity contribution in [2.45, 2.75) is 12.5 Å². The van der Waals surface area contributed by atoms with Gasteiger partial charge in [-0.2, -0.15) is 0 Å². The van der Waals surface area contributed by atoms with E-state index in [-0.39, 0.29) is 12.5 Å². The highest BCUT2D eigenvalue weighted by Gasteiger charge is 2.23. The average Bonchev–Trinajstić information content (AvgIpc) is 2.55. The minimum absolute atomic E-state index is 0.0184. The van der Waals surface area contributed by atoms with Gasteiger partial charge in [-0.1, -0.05) is 42.5 Å². The van der Waals surface area contributed by atoms with Crippen LogP contribution in [0.3, 0.4) is 0 Å². The Morgan fingerprint density at radius 1 is 1.00 bits per heavy atom. The summed E-state index contributed by atoms with van der Waals surface area (Å²) in [6.07, 6.45) is 0. The molecule has 0 fully saturated rings. The molecule has 1 heterocycles. The SMILES string of the molecule is OCC1c2ccccc2COc2ccccc21. The summed E-state index contributed by atoms with van der Waals surface area (Å²) in [5, 5.41) is 9.65. The first-order valence-electron chi connectivity index (χ1n) is 5.80. The molecule has 0 spiro atoms. The molecule has 1 aliphatic rings. The summed E-state index contributed by atoms with van der Waals surface area (Å²) in [5.74, 6) is 0.896. The molecule has 2 heteroatoms. The largest absolute Gasteiger partial charge is 0.489 e. The van der Waals surface area contributed by atoms with Crippen LogP contribution in [0.25, 0.3) is 0 Å². The number of aliphatic hydroxyl groups excluding tert-OH is 1. The molecule has 1 atom stereocenters. The maximum absolute atomic E-state index is 9.65. The van der Waals surface area contributed by atoms with Crippen LogP contribution in [0, 0.1) is 0 Å². The lowest BCUT2D eigenvalue weighted by Crippen LogP contribution is -2.06. The van der Waals surface area contributed by atoms with Crippen molar-refractivity contribution in [3.63, 3.8) is 0 Å². The van der Waals surface area contributed by atoms with Crippen LogP contribution in [-0.4, -0.2) is 11.7 Å². The van der Waals surface area contributed by atoms with Crippen molar-refractivity contribution in [3.8, 4) is 5.75 Å². The number of fused-ring (bicyclic) bond motifs is 2. The second kappa shape index (κ2) is 4.22. The van der Waals surface area contributed by atoms with Crippen molar-refractivity contribution < 1.29 is 9.84 Å². The van der Waals surface area contributed by atoms with Crippen molar-refractivity contribution in [2.24, 2.45) is 0 Å². The van der Waals surface area contributed by atoms with Gasteiger partial charge in [0.05, 0.1) is 6.61 Å². The van der Waals surface area contributed by atoms with Crippen LogP contribution in [0.2, 0.25) is 0 Å². The lowest BCUT2D eigenvalue weighted by Gasteiger charge is -2.15. The Hall–Kier alpha value is -1.80. The highest BCUT2D eigenvalue weighted by atomic mass is 16.5. The van der Waals surface area contributed by atoms with Gasteiger partial charge in [-0.15, -0.1) is 0 Å². The number of hydrogen-bond acceptors (Lipinski definition) is 2. The smallest absolute Gasteiger partial charge is 0.123 e. The molecule has 0 aromatic heterocycles. The molecule has 1 N–H and O–H groups in total. The van der Waals surface area contributed by atoms with Crippen molar-refractivity contribution in [1.82, 2.24) is 0 Å². The normalized spacial score (nSPS) is 17.6. The van der Waals surface area contributed by atoms with Crippen molar-refractivity contribution in [2.75, 3.05) is 6.61 Å². The second-order valence-electron chi connectivity index (χ2n) is 4.26. The summed E-state index contributed by atoms with van der Waals surface area (Å²) in [6, 6.07) is 16.1. The van der Waals surface area contributed by atoms with E-state index in [4.69, 9.17) is 4.74 Å². The number of aliphatic hydroxyl groups is 1. The van der Waals surface area contributed by atoms with E-state index in [1.807, 2.05) is 36.4 Å². The number of hydrogen-bond donors (Lipinski definition) is 1. The van der Waals surface area contributed by atoms with E-state index >= 15 is 0 Å². The predicted molar refractivity (Wildman–Crippen MR) is 66.1 cm³/mol. The molecular formula is C15H14O2. The maximum atomic E-state index is 9.65. The van der Waals surface area contributed by atoms with Crippen LogP contribution < -0.4 is 4.74 Å². The molecule has 1 aliphatic heterocycles. The molecule has 0 saturated heterocycles. The molecule has 2 aromatic carbocycles. The van der Waals surface area contributed by atoms with Gasteiger partial charge in [-0.25, -0.2) is 0 Å². The van der Waals surface area contributed by atoms with Gasteiger partial charge >= 0.3 is 0 Å². The summed E-state index contributed by atoms with van der Waals surface area (Å²) in [6.45, 7) is 0.682. The third-order valence-corrected chi connectivity index (χ3v) is 3.29. The van der Waals surface area contributed by atoms with Crippen LogP contribution in [0.4, 0.5) is 0 Å². The lowest BCUT2D eigenvalue weighted by atomic mass is 9.89. The Kier molecular flexibility index (Phi) is 2.57. The third kappa shape index (κ3) is 1.71. The molecule has 86 valence electrons. The zero-order chi connectivity index (χ0) is 11.7. The van der Waals surface area contributed by atoms with E-state index in [0.29, 0.717) is 6.61 Å². The van der Waals surface area contributed by atoms with E-state index in [1.165, 1.54) is 5.56 Å². The summed E-state index contributed by atoms with van der Waals surface area (Å²) in [7, 11) is 0. The van der Waals surface area contributed by atoms with E-state index in [1.54, 1.807) is 0 Å². The average molecular weight is 226 g/mol. The fraction of sp³-hybridized carbons (Fsp3) is 0.200. The third-order valence-electron chi connectivity index (χ3n) is 3.29. The zero-order valence-corrected chi connectivity index (χ0v) is 9.47. The standard InChI is InChI=1S/C15H14O2/c16-9-14-12-6-2-1-5-11(12)10-17-15-8-4-3-7-13(14)15/h1-8,14,16H,9-10H2. The van der Waals surface area contributed by atoms with E-state index in [0.717, 1.165) is 16.9 Å². The summed E-state index contributed by atoms with van der Waals surface area (Å²) in [4.78, 5) is 0. The Morgan fingerprint density at radius 3 is 2.53 bits per heavy atom. The highest BCUT2D eigenvalue weighted by molar-refractivity contribution is 5.46. The van der Waals surface area contributed by atoms with Gasteiger partial charge in [0, 0.05) is 11.5 Å². The first-order valence-corrected chi connectivity index (χ1v) is 5.80. The van der Waals surface area contributed by atoms with Gasteiger partial charge in [0.15, 0.2) is 0 Å². The van der Waals surface area contributed by atoms with E-state index in [9.17, 15) is 5.11 Å². The van der Waals surface area contributed by atoms with Gasteiger partial charge < -0.3 is 9.84 Å². The fourth-order valence-corrected chi connectivity index (χ4v) is 2.43. The quantitative estimate of drug-likeness (QED) is 0.810. The van der Waals surface area contributed by atoms with Crippen molar-refractivity contribution in [1.29, 1.82) is 0 Å². The molecular weight excluding hydrogens is 212 g/mol.